The number of rotatable bonds is 1. The number of carbonyl (C=O) groups excluding carboxylic acids is 1. The number of hydrogen-bond acceptors (Lipinski definition) is 1. The molecule has 0 fully saturated rings. The van der Waals surface area contributed by atoms with Crippen LogP contribution in [0.2, 0.25) is 0 Å². The van der Waals surface area contributed by atoms with Gasteiger partial charge in [-0.15, -0.1) is 0 Å². The van der Waals surface area contributed by atoms with Gasteiger partial charge < -0.3 is 5.32 Å². The van der Waals surface area contributed by atoms with Gasteiger partial charge in [-0.2, -0.15) is 0 Å². The van der Waals surface area contributed by atoms with Crippen LogP contribution in [0.4, 0.5) is 0 Å². The molecule has 1 atom stereocenters. The average Bonchev–Trinajstić information content (AvgIpc) is 2.29. The van der Waals surface area contributed by atoms with Crippen LogP contribution in [-0.2, 0) is 4.79 Å². The third-order valence-corrected chi connectivity index (χ3v) is 2.61. The summed E-state index contributed by atoms with van der Waals surface area (Å²) in [5, 5.41) is 2.65. The van der Waals surface area contributed by atoms with Crippen molar-refractivity contribution in [3.8, 4) is 0 Å². The lowest BCUT2D eigenvalue weighted by molar-refractivity contribution is -0.116. The van der Waals surface area contributed by atoms with E-state index in [0.29, 0.717) is 5.92 Å². The van der Waals surface area contributed by atoms with Gasteiger partial charge in [0.15, 0.2) is 0 Å². The van der Waals surface area contributed by atoms with E-state index in [9.17, 15) is 4.79 Å². The van der Waals surface area contributed by atoms with E-state index in [-0.39, 0.29) is 5.91 Å². The minimum Gasteiger partial charge on any atom is -0.355 e. The number of nitrogens with one attached hydrogen (secondary N) is 1. The third-order valence-electron chi connectivity index (χ3n) is 2.61. The maximum absolute atomic E-state index is 11.5. The molecule has 0 radical (unpaired) electrons. The van der Waals surface area contributed by atoms with Crippen LogP contribution in [-0.4, -0.2) is 13.0 Å². The molecule has 1 amide bonds. The lowest BCUT2D eigenvalue weighted by Gasteiger charge is -2.06. The van der Waals surface area contributed by atoms with Gasteiger partial charge in [0.05, 0.1) is 0 Å². The van der Waals surface area contributed by atoms with Crippen molar-refractivity contribution in [1.29, 1.82) is 0 Å². The number of likely N-dealkylation sites (N-methyl/N-ethyl adjacent to an activating group) is 1. The number of hydrogen-bond donors (Lipinski definition) is 1. The van der Waals surface area contributed by atoms with Crippen molar-refractivity contribution in [2.24, 2.45) is 5.92 Å². The fourth-order valence-corrected chi connectivity index (χ4v) is 1.68. The van der Waals surface area contributed by atoms with Gasteiger partial charge in [-0.3, -0.25) is 4.79 Å². The molecule has 0 saturated heterocycles. The molecule has 1 unspecified atom stereocenters. The molecule has 0 bridgehead atoms. The Morgan fingerprint density at radius 2 is 2.27 bits per heavy atom. The van der Waals surface area contributed by atoms with Crippen molar-refractivity contribution in [3.05, 3.63) is 36.0 Å². The van der Waals surface area contributed by atoms with E-state index in [1.165, 1.54) is 0 Å². The highest BCUT2D eigenvalue weighted by molar-refractivity contribution is 5.96. The number of amides is 1. The predicted octanol–water partition coefficient (Wildman–Crippen LogP) is 2.59. The van der Waals surface area contributed by atoms with E-state index < -0.39 is 0 Å². The lowest BCUT2D eigenvalue weighted by Crippen LogP contribution is -2.19. The zero-order chi connectivity index (χ0) is 11.3. The third kappa shape index (κ3) is 3.74. The Balaban J connectivity index is 2.89. The molecular weight excluding hydrogens is 186 g/mol. The molecule has 1 rings (SSSR count). The van der Waals surface area contributed by atoms with Crippen LogP contribution in [0.1, 0.15) is 26.2 Å². The molecule has 0 spiro atoms. The van der Waals surface area contributed by atoms with Crippen molar-refractivity contribution >= 4 is 5.91 Å². The van der Waals surface area contributed by atoms with Crippen LogP contribution in [0.25, 0.3) is 0 Å². The summed E-state index contributed by atoms with van der Waals surface area (Å²) in [7, 11) is 1.66. The first-order valence-electron chi connectivity index (χ1n) is 5.43. The van der Waals surface area contributed by atoms with Gasteiger partial charge in [-0.05, 0) is 31.3 Å². The molecule has 1 aliphatic carbocycles. The SMILES string of the molecule is C=C1/C=C\C(C(=O)NC)=C/C(C)CCC1. The zero-order valence-electron chi connectivity index (χ0n) is 9.55. The Morgan fingerprint density at radius 1 is 1.53 bits per heavy atom. The highest BCUT2D eigenvalue weighted by Crippen LogP contribution is 2.18. The molecule has 82 valence electrons. The van der Waals surface area contributed by atoms with Gasteiger partial charge in [0, 0.05) is 12.6 Å². The Hall–Kier alpha value is -1.31. The summed E-state index contributed by atoms with van der Waals surface area (Å²) in [5.41, 5.74) is 1.84. The van der Waals surface area contributed by atoms with Gasteiger partial charge in [0.2, 0.25) is 0 Å². The largest absolute Gasteiger partial charge is 0.355 e. The summed E-state index contributed by atoms with van der Waals surface area (Å²) in [6.45, 7) is 6.10. The summed E-state index contributed by atoms with van der Waals surface area (Å²) >= 11 is 0. The van der Waals surface area contributed by atoms with E-state index in [4.69, 9.17) is 0 Å². The van der Waals surface area contributed by atoms with Crippen LogP contribution in [0.3, 0.4) is 0 Å². The monoisotopic (exact) mass is 205 g/mol. The molecule has 0 aromatic rings. The molecule has 0 aliphatic heterocycles. The van der Waals surface area contributed by atoms with E-state index in [2.05, 4.69) is 18.8 Å². The Bertz CT molecular complexity index is 312. The van der Waals surface area contributed by atoms with Gasteiger partial charge in [0.25, 0.3) is 5.91 Å². The minimum absolute atomic E-state index is 0.0206. The minimum atomic E-state index is -0.0206. The van der Waals surface area contributed by atoms with E-state index >= 15 is 0 Å². The molecule has 0 heterocycles. The van der Waals surface area contributed by atoms with Crippen LogP contribution in [0, 0.1) is 5.92 Å². The summed E-state index contributed by atoms with van der Waals surface area (Å²) in [6, 6.07) is 0. The quantitative estimate of drug-likeness (QED) is 0.700. The maximum atomic E-state index is 11.5. The summed E-state index contributed by atoms with van der Waals surface area (Å²) in [6.07, 6.45) is 9.12. The summed E-state index contributed by atoms with van der Waals surface area (Å²) < 4.78 is 0. The second kappa shape index (κ2) is 5.54. The standard InChI is InChI=1S/C13H19NO/c1-10-5-4-6-11(2)9-12(8-7-10)13(15)14-3/h7-9,11H,1,4-6H2,2-3H3,(H,14,15)/b8-7-,12-9+. The van der Waals surface area contributed by atoms with Crippen LogP contribution < -0.4 is 5.32 Å². The Morgan fingerprint density at radius 3 is 2.93 bits per heavy atom. The highest BCUT2D eigenvalue weighted by Gasteiger charge is 2.08. The van der Waals surface area contributed by atoms with Gasteiger partial charge >= 0.3 is 0 Å². The topological polar surface area (TPSA) is 29.1 Å². The molecule has 1 aliphatic rings. The maximum Gasteiger partial charge on any atom is 0.250 e. The van der Waals surface area contributed by atoms with Crippen molar-refractivity contribution in [2.45, 2.75) is 26.2 Å². The number of carbonyl (C=O) groups is 1. The summed E-state index contributed by atoms with van der Waals surface area (Å²) in [4.78, 5) is 11.5. The van der Waals surface area contributed by atoms with Crippen molar-refractivity contribution in [2.75, 3.05) is 7.05 Å². The molecular formula is C13H19NO. The first-order chi connectivity index (χ1) is 7.13. The molecule has 0 saturated carbocycles. The zero-order valence-corrected chi connectivity index (χ0v) is 9.55. The van der Waals surface area contributed by atoms with Crippen molar-refractivity contribution < 1.29 is 4.79 Å². The fraction of sp³-hybridized carbons (Fsp3) is 0.462. The van der Waals surface area contributed by atoms with Gasteiger partial charge in [0.1, 0.15) is 0 Å². The second-order valence-electron chi connectivity index (χ2n) is 4.06. The van der Waals surface area contributed by atoms with Crippen molar-refractivity contribution in [3.63, 3.8) is 0 Å². The first kappa shape index (κ1) is 11.8. The number of allylic oxidation sites excluding steroid dienone is 3. The van der Waals surface area contributed by atoms with Gasteiger partial charge in [-0.25, -0.2) is 0 Å². The molecule has 0 aromatic carbocycles. The smallest absolute Gasteiger partial charge is 0.250 e. The first-order valence-corrected chi connectivity index (χ1v) is 5.43. The van der Waals surface area contributed by atoms with E-state index in [1.54, 1.807) is 7.05 Å². The predicted molar refractivity (Wildman–Crippen MR) is 63.4 cm³/mol. The molecule has 1 N–H and O–H groups in total. The average molecular weight is 205 g/mol. The molecule has 2 heteroatoms. The van der Waals surface area contributed by atoms with Crippen LogP contribution in [0.15, 0.2) is 36.0 Å². The second-order valence-corrected chi connectivity index (χ2v) is 4.06. The molecule has 15 heavy (non-hydrogen) atoms. The van der Waals surface area contributed by atoms with Crippen LogP contribution >= 0.6 is 0 Å². The highest BCUT2D eigenvalue weighted by atomic mass is 16.1. The summed E-state index contributed by atoms with van der Waals surface area (Å²) in [5.74, 6) is 0.431. The van der Waals surface area contributed by atoms with Crippen LogP contribution in [0.5, 0.6) is 0 Å². The Labute approximate surface area is 91.8 Å². The molecule has 0 aromatic heterocycles. The lowest BCUT2D eigenvalue weighted by atomic mass is 10.0. The normalized spacial score (nSPS) is 28.0. The fourth-order valence-electron chi connectivity index (χ4n) is 1.68. The van der Waals surface area contributed by atoms with Gasteiger partial charge in [-0.1, -0.05) is 31.2 Å². The Kier molecular flexibility index (Phi) is 4.35. The van der Waals surface area contributed by atoms with Crippen molar-refractivity contribution in [1.82, 2.24) is 5.32 Å². The molecule has 2 nitrogen and oxygen atoms in total. The van der Waals surface area contributed by atoms with E-state index in [1.807, 2.05) is 18.2 Å². The van der Waals surface area contributed by atoms with E-state index in [0.717, 1.165) is 30.4 Å².